The Hall–Kier alpha value is -1.14. The summed E-state index contributed by atoms with van der Waals surface area (Å²) in [5.41, 5.74) is -0.115. The molecule has 0 saturated carbocycles. The first-order valence-corrected chi connectivity index (χ1v) is 5.94. The second-order valence-corrected chi connectivity index (χ2v) is 4.69. The number of ether oxygens (including phenoxy) is 1. The highest BCUT2D eigenvalue weighted by atomic mass is 16.5. The molecule has 1 aromatic rings. The number of piperidine rings is 1. The van der Waals surface area contributed by atoms with Gasteiger partial charge in [0, 0.05) is 13.7 Å². The third kappa shape index (κ3) is 2.76. The zero-order valence-electron chi connectivity index (χ0n) is 10.7. The molecule has 17 heavy (non-hydrogen) atoms. The van der Waals surface area contributed by atoms with Crippen LogP contribution in [0.5, 0.6) is 0 Å². The zero-order valence-corrected chi connectivity index (χ0v) is 10.7. The number of aromatic nitrogens is 2. The Morgan fingerprint density at radius 3 is 3.06 bits per heavy atom. The van der Waals surface area contributed by atoms with Crippen LogP contribution in [0.3, 0.4) is 0 Å². The summed E-state index contributed by atoms with van der Waals surface area (Å²) in [7, 11) is 3.61. The largest absolute Gasteiger partial charge is 0.407 e. The third-order valence-electron chi connectivity index (χ3n) is 3.21. The predicted octanol–water partition coefficient (Wildman–Crippen LogP) is 0.794. The average molecular weight is 240 g/mol. The Bertz CT molecular complexity index is 368. The van der Waals surface area contributed by atoms with Crippen LogP contribution in [0.1, 0.15) is 25.7 Å². The van der Waals surface area contributed by atoms with Crippen molar-refractivity contribution in [1.82, 2.24) is 15.5 Å². The van der Waals surface area contributed by atoms with Crippen LogP contribution in [-0.4, -0.2) is 43.0 Å². The molecule has 2 heterocycles. The highest BCUT2D eigenvalue weighted by molar-refractivity contribution is 5.26. The molecule has 1 aliphatic heterocycles. The number of nitrogens with zero attached hydrogens (tertiary/aromatic N) is 3. The summed E-state index contributed by atoms with van der Waals surface area (Å²) in [6.07, 6.45) is 2.14. The van der Waals surface area contributed by atoms with Gasteiger partial charge in [-0.25, -0.2) is 0 Å². The first kappa shape index (κ1) is 12.3. The maximum atomic E-state index is 5.59. The normalized spacial score (nSPS) is 25.2. The molecule has 0 bridgehead atoms. The van der Waals surface area contributed by atoms with E-state index in [1.54, 1.807) is 7.11 Å². The van der Waals surface area contributed by atoms with Crippen LogP contribution in [-0.2, 0) is 11.3 Å². The average Bonchev–Trinajstić information content (AvgIpc) is 2.78. The summed E-state index contributed by atoms with van der Waals surface area (Å²) in [6.45, 7) is 4.46. The molecule has 0 aromatic carbocycles. The van der Waals surface area contributed by atoms with Crippen molar-refractivity contribution in [2.24, 2.45) is 0 Å². The molecule has 1 fully saturated rings. The topological polar surface area (TPSA) is 63.4 Å². The molecule has 0 aliphatic carbocycles. The summed E-state index contributed by atoms with van der Waals surface area (Å²) >= 11 is 0. The van der Waals surface area contributed by atoms with E-state index in [0.717, 1.165) is 25.9 Å². The maximum absolute atomic E-state index is 5.59. The summed E-state index contributed by atoms with van der Waals surface area (Å²) < 4.78 is 11.1. The van der Waals surface area contributed by atoms with Gasteiger partial charge in [-0.3, -0.25) is 0 Å². The fourth-order valence-electron chi connectivity index (χ4n) is 2.13. The molecule has 6 heteroatoms. The van der Waals surface area contributed by atoms with Gasteiger partial charge in [0.1, 0.15) is 0 Å². The van der Waals surface area contributed by atoms with Gasteiger partial charge in [-0.05, 0) is 26.8 Å². The van der Waals surface area contributed by atoms with Crippen molar-refractivity contribution in [2.45, 2.75) is 31.9 Å². The van der Waals surface area contributed by atoms with E-state index in [1.165, 1.54) is 0 Å². The highest BCUT2D eigenvalue weighted by Crippen LogP contribution is 2.27. The fraction of sp³-hybridized carbons (Fsp3) is 0.818. The number of rotatable bonds is 4. The SMILES string of the molecule is CNCc1nnc(N2CCCC(C)(OC)C2)o1. The second kappa shape index (κ2) is 5.01. The van der Waals surface area contributed by atoms with Gasteiger partial charge in [0.2, 0.25) is 5.89 Å². The Labute approximate surface area is 101 Å². The van der Waals surface area contributed by atoms with Gasteiger partial charge >= 0.3 is 6.01 Å². The smallest absolute Gasteiger partial charge is 0.318 e. The van der Waals surface area contributed by atoms with Gasteiger partial charge in [-0.2, -0.15) is 0 Å². The molecule has 2 rings (SSSR count). The van der Waals surface area contributed by atoms with E-state index < -0.39 is 0 Å². The minimum absolute atomic E-state index is 0.115. The molecule has 0 radical (unpaired) electrons. The van der Waals surface area contributed by atoms with Crippen LogP contribution in [0.15, 0.2) is 4.42 Å². The summed E-state index contributed by atoms with van der Waals surface area (Å²) in [6, 6.07) is 0.596. The van der Waals surface area contributed by atoms with Crippen molar-refractivity contribution in [2.75, 3.05) is 32.1 Å². The van der Waals surface area contributed by atoms with Crippen LogP contribution in [0.25, 0.3) is 0 Å². The van der Waals surface area contributed by atoms with Gasteiger partial charge in [0.15, 0.2) is 0 Å². The van der Waals surface area contributed by atoms with Crippen LogP contribution in [0, 0.1) is 0 Å². The monoisotopic (exact) mass is 240 g/mol. The highest BCUT2D eigenvalue weighted by Gasteiger charge is 2.32. The summed E-state index contributed by atoms with van der Waals surface area (Å²) in [5.74, 6) is 0.618. The molecular weight excluding hydrogens is 220 g/mol. The van der Waals surface area contributed by atoms with Gasteiger partial charge < -0.3 is 19.4 Å². The Morgan fingerprint density at radius 1 is 1.53 bits per heavy atom. The van der Waals surface area contributed by atoms with E-state index in [4.69, 9.17) is 9.15 Å². The molecule has 1 aliphatic rings. The lowest BCUT2D eigenvalue weighted by molar-refractivity contribution is -0.00568. The lowest BCUT2D eigenvalue weighted by Gasteiger charge is -2.38. The lowest BCUT2D eigenvalue weighted by atomic mass is 9.95. The van der Waals surface area contributed by atoms with E-state index in [0.29, 0.717) is 18.5 Å². The molecule has 1 saturated heterocycles. The quantitative estimate of drug-likeness (QED) is 0.839. The van der Waals surface area contributed by atoms with Crippen LogP contribution in [0.4, 0.5) is 6.01 Å². The number of anilines is 1. The molecular formula is C11H20N4O2. The number of nitrogens with one attached hydrogen (secondary N) is 1. The first-order valence-electron chi connectivity index (χ1n) is 5.94. The van der Waals surface area contributed by atoms with Crippen LogP contribution >= 0.6 is 0 Å². The summed E-state index contributed by atoms with van der Waals surface area (Å²) in [5, 5.41) is 11.1. The van der Waals surface area contributed by atoms with Crippen molar-refractivity contribution in [3.8, 4) is 0 Å². The zero-order chi connectivity index (χ0) is 12.3. The molecule has 6 nitrogen and oxygen atoms in total. The van der Waals surface area contributed by atoms with E-state index in [-0.39, 0.29) is 5.60 Å². The molecule has 1 atom stereocenters. The van der Waals surface area contributed by atoms with E-state index in [9.17, 15) is 0 Å². The standard InChI is InChI=1S/C11H20N4O2/c1-11(16-3)5-4-6-15(8-11)10-14-13-9(17-10)7-12-2/h12H,4-8H2,1-3H3. The molecule has 1 unspecified atom stereocenters. The minimum atomic E-state index is -0.115. The molecule has 96 valence electrons. The maximum Gasteiger partial charge on any atom is 0.318 e. The van der Waals surface area contributed by atoms with Crippen molar-refractivity contribution in [3.63, 3.8) is 0 Å². The molecule has 1 N–H and O–H groups in total. The minimum Gasteiger partial charge on any atom is -0.407 e. The molecule has 1 aromatic heterocycles. The third-order valence-corrected chi connectivity index (χ3v) is 3.21. The molecule has 0 spiro atoms. The fourth-order valence-corrected chi connectivity index (χ4v) is 2.13. The number of hydrogen-bond acceptors (Lipinski definition) is 6. The van der Waals surface area contributed by atoms with Crippen molar-refractivity contribution in [3.05, 3.63) is 5.89 Å². The van der Waals surface area contributed by atoms with E-state index in [1.807, 2.05) is 7.05 Å². The van der Waals surface area contributed by atoms with Gasteiger partial charge in [0.05, 0.1) is 18.7 Å². The Balaban J connectivity index is 2.05. The van der Waals surface area contributed by atoms with Crippen LogP contribution in [0.2, 0.25) is 0 Å². The summed E-state index contributed by atoms with van der Waals surface area (Å²) in [4.78, 5) is 2.10. The van der Waals surface area contributed by atoms with Gasteiger partial charge in [0.25, 0.3) is 0 Å². The van der Waals surface area contributed by atoms with Crippen molar-refractivity contribution >= 4 is 6.01 Å². The Kier molecular flexibility index (Phi) is 3.63. The predicted molar refractivity (Wildman–Crippen MR) is 63.9 cm³/mol. The van der Waals surface area contributed by atoms with Crippen molar-refractivity contribution in [1.29, 1.82) is 0 Å². The van der Waals surface area contributed by atoms with Crippen LogP contribution < -0.4 is 10.2 Å². The van der Waals surface area contributed by atoms with E-state index in [2.05, 4.69) is 27.3 Å². The Morgan fingerprint density at radius 2 is 2.35 bits per heavy atom. The van der Waals surface area contributed by atoms with Crippen molar-refractivity contribution < 1.29 is 9.15 Å². The van der Waals surface area contributed by atoms with Gasteiger partial charge in [-0.15, -0.1) is 5.10 Å². The first-order chi connectivity index (χ1) is 8.17. The molecule has 0 amide bonds. The second-order valence-electron chi connectivity index (χ2n) is 4.69. The van der Waals surface area contributed by atoms with Gasteiger partial charge in [-0.1, -0.05) is 5.10 Å². The number of methoxy groups -OCH3 is 1. The lowest BCUT2D eigenvalue weighted by Crippen LogP contribution is -2.47. The number of hydrogen-bond donors (Lipinski definition) is 1. The van der Waals surface area contributed by atoms with E-state index >= 15 is 0 Å².